The lowest BCUT2D eigenvalue weighted by molar-refractivity contribution is -0.206. The van der Waals surface area contributed by atoms with E-state index in [0.29, 0.717) is 42.5 Å². The number of fused-ring (bicyclic) bond motifs is 7. The highest BCUT2D eigenvalue weighted by molar-refractivity contribution is 5.88. The van der Waals surface area contributed by atoms with Gasteiger partial charge in [0.1, 0.15) is 17.3 Å². The molecule has 5 heteroatoms. The predicted molar refractivity (Wildman–Crippen MR) is 156 cm³/mol. The molecule has 0 aliphatic heterocycles. The van der Waals surface area contributed by atoms with Crippen molar-refractivity contribution in [2.45, 2.75) is 126 Å². The summed E-state index contributed by atoms with van der Waals surface area (Å²) in [5.41, 5.74) is 0.279. The Morgan fingerprint density at radius 2 is 1.65 bits per heavy atom. The smallest absolute Gasteiger partial charge is 0.333 e. The van der Waals surface area contributed by atoms with Crippen LogP contribution >= 0.6 is 0 Å². The molecule has 40 heavy (non-hydrogen) atoms. The second-order valence-corrected chi connectivity index (χ2v) is 16.3. The number of hydrogen-bond donors (Lipinski definition) is 1. The normalized spacial score (nSPS) is 45.7. The van der Waals surface area contributed by atoms with E-state index in [4.69, 9.17) is 4.74 Å². The van der Waals surface area contributed by atoms with Crippen LogP contribution in [0.4, 0.5) is 0 Å². The molecule has 5 nitrogen and oxygen atoms in total. The quantitative estimate of drug-likeness (QED) is 0.218. The van der Waals surface area contributed by atoms with Gasteiger partial charge < -0.3 is 9.84 Å². The summed E-state index contributed by atoms with van der Waals surface area (Å²) in [5, 5.41) is 11.0. The molecule has 222 valence electrons. The van der Waals surface area contributed by atoms with Crippen LogP contribution in [0.5, 0.6) is 0 Å². The Kier molecular flexibility index (Phi) is 6.69. The highest BCUT2D eigenvalue weighted by Gasteiger charge is 2.71. The zero-order chi connectivity index (χ0) is 29.7. The number of esters is 1. The molecule has 8 atom stereocenters. The van der Waals surface area contributed by atoms with Gasteiger partial charge in [-0.3, -0.25) is 9.59 Å². The zero-order valence-electron chi connectivity index (χ0n) is 26.4. The molecule has 0 spiro atoms. The van der Waals surface area contributed by atoms with Gasteiger partial charge in [-0.2, -0.15) is 0 Å². The van der Waals surface area contributed by atoms with Gasteiger partial charge in [-0.25, -0.2) is 4.79 Å². The summed E-state index contributed by atoms with van der Waals surface area (Å²) in [6, 6.07) is 0. The summed E-state index contributed by atoms with van der Waals surface area (Å²) in [5.74, 6) is -0.125. The highest BCUT2D eigenvalue weighted by atomic mass is 16.5. The standard InChI is InChI=1S/C35H52O5/c1-10-21(2)28(37)40-27-20-30(3,4)19-23-22-11-12-25-32(7)15-14-26(36)31(5,6)24(32)13-16-34(25,9)33(22,8)17-18-35(23,27)29(38)39/h10-11,23-25,27H,12-20H2,1-9H3,(H,38,39)/b21-10-/t23-,24-,25+,27+,32-,33+,34+,35-/m1/s1. The Morgan fingerprint density at radius 3 is 2.27 bits per heavy atom. The molecule has 0 unspecified atom stereocenters. The largest absolute Gasteiger partial charge is 0.481 e. The van der Waals surface area contributed by atoms with E-state index < -0.39 is 23.5 Å². The van der Waals surface area contributed by atoms with Crippen molar-refractivity contribution in [1.29, 1.82) is 0 Å². The SMILES string of the molecule is C/C=C(/C)C(=O)O[C@H]1CC(C)(C)C[C@@H]2C3=CC[C@H]4[C@]5(C)CCC(=O)C(C)(C)[C@H]5CC[C@]4(C)[C@@]3(C)CC[C@]12C(=O)O. The van der Waals surface area contributed by atoms with Crippen LogP contribution in [0.25, 0.3) is 0 Å². The average molecular weight is 553 g/mol. The number of ketones is 1. The van der Waals surface area contributed by atoms with E-state index in [2.05, 4.69) is 54.5 Å². The van der Waals surface area contributed by atoms with E-state index in [-0.39, 0.29) is 33.0 Å². The molecule has 0 aromatic carbocycles. The van der Waals surface area contributed by atoms with Gasteiger partial charge in [0, 0.05) is 23.3 Å². The van der Waals surface area contributed by atoms with Crippen LogP contribution in [-0.4, -0.2) is 28.9 Å². The third-order valence-corrected chi connectivity index (χ3v) is 13.8. The molecule has 0 amide bonds. The first-order valence-corrected chi connectivity index (χ1v) is 15.7. The maximum atomic E-state index is 13.4. The van der Waals surface area contributed by atoms with Gasteiger partial charge in [0.2, 0.25) is 0 Å². The van der Waals surface area contributed by atoms with Gasteiger partial charge in [0.15, 0.2) is 0 Å². The molecule has 5 aliphatic rings. The van der Waals surface area contributed by atoms with Gasteiger partial charge in [0.25, 0.3) is 0 Å². The van der Waals surface area contributed by atoms with Gasteiger partial charge in [0.05, 0.1) is 0 Å². The van der Waals surface area contributed by atoms with Crippen molar-refractivity contribution in [3.8, 4) is 0 Å². The molecule has 0 aromatic rings. The fourth-order valence-electron chi connectivity index (χ4n) is 11.1. The van der Waals surface area contributed by atoms with Crippen molar-refractivity contribution >= 4 is 17.7 Å². The third kappa shape index (κ3) is 3.73. The number of carbonyl (C=O) groups is 3. The predicted octanol–water partition coefficient (Wildman–Crippen LogP) is 7.93. The monoisotopic (exact) mass is 552 g/mol. The van der Waals surface area contributed by atoms with Gasteiger partial charge in [-0.05, 0) is 98.7 Å². The molecule has 5 aliphatic carbocycles. The van der Waals surface area contributed by atoms with Crippen molar-refractivity contribution in [2.75, 3.05) is 0 Å². The minimum Gasteiger partial charge on any atom is -0.481 e. The molecule has 0 saturated heterocycles. The van der Waals surface area contributed by atoms with Crippen LogP contribution in [0, 0.1) is 50.2 Å². The van der Waals surface area contributed by atoms with Crippen LogP contribution in [0.3, 0.4) is 0 Å². The average Bonchev–Trinajstić information content (AvgIpc) is 2.85. The summed E-state index contributed by atoms with van der Waals surface area (Å²) in [6.45, 7) is 19.7. The Balaban J connectivity index is 1.60. The van der Waals surface area contributed by atoms with Crippen LogP contribution in [0.2, 0.25) is 0 Å². The Bertz CT molecular complexity index is 1190. The highest BCUT2D eigenvalue weighted by Crippen LogP contribution is 2.75. The number of carboxylic acid groups (broad SMARTS) is 1. The first-order valence-electron chi connectivity index (χ1n) is 15.7. The minimum absolute atomic E-state index is 0.0266. The van der Waals surface area contributed by atoms with Crippen molar-refractivity contribution in [3.05, 3.63) is 23.3 Å². The lowest BCUT2D eigenvalue weighted by atomic mass is 9.33. The zero-order valence-corrected chi connectivity index (χ0v) is 26.4. The number of allylic oxidation sites excluding steroid dienone is 3. The van der Waals surface area contributed by atoms with Crippen molar-refractivity contribution in [2.24, 2.45) is 50.2 Å². The number of ether oxygens (including phenoxy) is 1. The van der Waals surface area contributed by atoms with Crippen LogP contribution < -0.4 is 0 Å². The topological polar surface area (TPSA) is 80.7 Å². The summed E-state index contributed by atoms with van der Waals surface area (Å²) >= 11 is 0. The fourth-order valence-corrected chi connectivity index (χ4v) is 11.1. The van der Waals surface area contributed by atoms with Crippen LogP contribution in [-0.2, 0) is 19.1 Å². The minimum atomic E-state index is -1.10. The molecular weight excluding hydrogens is 500 g/mol. The summed E-state index contributed by atoms with van der Waals surface area (Å²) < 4.78 is 6.13. The van der Waals surface area contributed by atoms with E-state index in [0.717, 1.165) is 38.5 Å². The van der Waals surface area contributed by atoms with E-state index in [1.807, 2.05) is 6.92 Å². The Hall–Kier alpha value is -1.91. The lowest BCUT2D eigenvalue weighted by Gasteiger charge is -2.70. The Morgan fingerprint density at radius 1 is 0.975 bits per heavy atom. The van der Waals surface area contributed by atoms with Gasteiger partial charge in [-0.15, -0.1) is 0 Å². The molecular formula is C35H52O5. The van der Waals surface area contributed by atoms with Crippen LogP contribution in [0.1, 0.15) is 120 Å². The van der Waals surface area contributed by atoms with Crippen molar-refractivity contribution < 1.29 is 24.2 Å². The summed E-state index contributed by atoms with van der Waals surface area (Å²) in [7, 11) is 0. The number of carbonyl (C=O) groups excluding carboxylic acids is 2. The first-order chi connectivity index (χ1) is 18.4. The van der Waals surface area contributed by atoms with Gasteiger partial charge in [-0.1, -0.05) is 66.2 Å². The van der Waals surface area contributed by atoms with Gasteiger partial charge >= 0.3 is 11.9 Å². The molecule has 0 radical (unpaired) electrons. The molecule has 0 bridgehead atoms. The first kappa shape index (κ1) is 29.6. The molecule has 5 rings (SSSR count). The maximum Gasteiger partial charge on any atom is 0.333 e. The summed E-state index contributed by atoms with van der Waals surface area (Å²) in [4.78, 5) is 39.4. The second-order valence-electron chi connectivity index (χ2n) is 16.3. The number of Topliss-reactive ketones (excluding diaryl/α,β-unsaturated/α-hetero) is 1. The third-order valence-electron chi connectivity index (χ3n) is 13.8. The fraction of sp³-hybridized carbons (Fsp3) is 0.800. The lowest BCUT2D eigenvalue weighted by Crippen LogP contribution is -2.66. The maximum absolute atomic E-state index is 13.4. The number of rotatable bonds is 3. The molecule has 4 fully saturated rings. The molecule has 0 aromatic heterocycles. The molecule has 4 saturated carbocycles. The van der Waals surface area contributed by atoms with Crippen molar-refractivity contribution in [3.63, 3.8) is 0 Å². The number of carboxylic acids is 1. The van der Waals surface area contributed by atoms with E-state index in [1.54, 1.807) is 13.0 Å². The van der Waals surface area contributed by atoms with E-state index in [9.17, 15) is 19.5 Å². The van der Waals surface area contributed by atoms with E-state index >= 15 is 0 Å². The van der Waals surface area contributed by atoms with Crippen LogP contribution in [0.15, 0.2) is 23.3 Å². The second kappa shape index (κ2) is 9.04. The number of aliphatic carboxylic acids is 1. The van der Waals surface area contributed by atoms with Crippen molar-refractivity contribution in [1.82, 2.24) is 0 Å². The molecule has 1 N–H and O–H groups in total. The number of hydrogen-bond acceptors (Lipinski definition) is 4. The van der Waals surface area contributed by atoms with E-state index in [1.165, 1.54) is 5.57 Å². The Labute approximate surface area is 241 Å². The summed E-state index contributed by atoms with van der Waals surface area (Å²) in [6.07, 6.45) is 10.9. The molecule has 0 heterocycles.